The molecule has 112 valence electrons. The summed E-state index contributed by atoms with van der Waals surface area (Å²) in [7, 11) is 0. The molecule has 2 heterocycles. The Kier molecular flexibility index (Phi) is 4.29. The Morgan fingerprint density at radius 1 is 1.32 bits per heavy atom. The Morgan fingerprint density at radius 2 is 2.14 bits per heavy atom. The van der Waals surface area contributed by atoms with Crippen LogP contribution < -0.4 is 5.43 Å². The van der Waals surface area contributed by atoms with Gasteiger partial charge in [-0.05, 0) is 42.5 Å². The predicted molar refractivity (Wildman–Crippen MR) is 95.7 cm³/mol. The van der Waals surface area contributed by atoms with Gasteiger partial charge < -0.3 is 0 Å². The first-order valence-corrected chi connectivity index (χ1v) is 8.70. The lowest BCUT2D eigenvalue weighted by atomic mass is 10.2. The number of amides is 1. The first kappa shape index (κ1) is 15.2. The van der Waals surface area contributed by atoms with Crippen molar-refractivity contribution >= 4 is 56.5 Å². The molecule has 22 heavy (non-hydrogen) atoms. The van der Waals surface area contributed by atoms with Gasteiger partial charge in [0, 0.05) is 15.0 Å². The van der Waals surface area contributed by atoms with Crippen LogP contribution in [0, 0.1) is 13.8 Å². The topological polar surface area (TPSA) is 41.5 Å². The average Bonchev–Trinajstić information content (AvgIpc) is 3.03. The number of fused-ring (bicyclic) bond motifs is 1. The fourth-order valence-electron chi connectivity index (χ4n) is 2.04. The van der Waals surface area contributed by atoms with Gasteiger partial charge in [-0.1, -0.05) is 23.7 Å². The summed E-state index contributed by atoms with van der Waals surface area (Å²) in [6, 6.07) is 7.97. The van der Waals surface area contributed by atoms with Gasteiger partial charge in [0.15, 0.2) is 0 Å². The van der Waals surface area contributed by atoms with E-state index < -0.39 is 0 Å². The van der Waals surface area contributed by atoms with Crippen molar-refractivity contribution in [3.63, 3.8) is 0 Å². The first-order valence-electron chi connectivity index (χ1n) is 6.62. The van der Waals surface area contributed by atoms with E-state index in [2.05, 4.69) is 10.5 Å². The highest BCUT2D eigenvalue weighted by atomic mass is 35.5. The van der Waals surface area contributed by atoms with E-state index in [9.17, 15) is 4.79 Å². The number of carbonyl (C=O) groups excluding carboxylic acids is 1. The zero-order valence-electron chi connectivity index (χ0n) is 12.0. The lowest BCUT2D eigenvalue weighted by Gasteiger charge is -1.97. The van der Waals surface area contributed by atoms with Crippen molar-refractivity contribution in [2.75, 3.05) is 0 Å². The SMILES string of the molecule is Cc1ccc2c(Cl)c(C(=O)NN=Cc3sccc3C)sc2c1. The van der Waals surface area contributed by atoms with E-state index in [0.717, 1.165) is 26.1 Å². The van der Waals surface area contributed by atoms with Crippen molar-refractivity contribution in [2.45, 2.75) is 13.8 Å². The van der Waals surface area contributed by atoms with Crippen molar-refractivity contribution in [2.24, 2.45) is 5.10 Å². The standard InChI is InChI=1S/C16H13ClN2OS2/c1-9-3-4-11-12(7-9)22-15(14(11)17)16(20)19-18-8-13-10(2)5-6-21-13/h3-8H,1-2H3,(H,19,20). The second kappa shape index (κ2) is 6.20. The van der Waals surface area contributed by atoms with Crippen molar-refractivity contribution in [3.8, 4) is 0 Å². The van der Waals surface area contributed by atoms with Crippen LogP contribution in [0.3, 0.4) is 0 Å². The molecule has 0 spiro atoms. The minimum Gasteiger partial charge on any atom is -0.266 e. The number of halogens is 1. The molecule has 0 saturated carbocycles. The van der Waals surface area contributed by atoms with Crippen LogP contribution in [0.4, 0.5) is 0 Å². The van der Waals surface area contributed by atoms with E-state index in [1.165, 1.54) is 11.3 Å². The van der Waals surface area contributed by atoms with Gasteiger partial charge in [0.1, 0.15) is 4.88 Å². The second-order valence-corrected chi connectivity index (χ2v) is 7.29. The number of nitrogens with zero attached hydrogens (tertiary/aromatic N) is 1. The summed E-state index contributed by atoms with van der Waals surface area (Å²) in [5, 5.41) is 7.39. The molecule has 1 aromatic carbocycles. The van der Waals surface area contributed by atoms with Gasteiger partial charge in [0.2, 0.25) is 0 Å². The highest BCUT2D eigenvalue weighted by molar-refractivity contribution is 7.21. The van der Waals surface area contributed by atoms with E-state index >= 15 is 0 Å². The number of aryl methyl sites for hydroxylation is 2. The number of benzene rings is 1. The quantitative estimate of drug-likeness (QED) is 0.525. The number of hydrogen-bond donors (Lipinski definition) is 1. The van der Waals surface area contributed by atoms with Gasteiger partial charge >= 0.3 is 0 Å². The van der Waals surface area contributed by atoms with Crippen LogP contribution in [0.15, 0.2) is 34.7 Å². The Bertz CT molecular complexity index is 880. The van der Waals surface area contributed by atoms with Crippen molar-refractivity contribution in [3.05, 3.63) is 55.5 Å². The Labute approximate surface area is 141 Å². The largest absolute Gasteiger partial charge is 0.283 e. The van der Waals surface area contributed by atoms with Gasteiger partial charge in [-0.25, -0.2) is 5.43 Å². The summed E-state index contributed by atoms with van der Waals surface area (Å²) in [6.45, 7) is 4.02. The monoisotopic (exact) mass is 348 g/mol. The summed E-state index contributed by atoms with van der Waals surface area (Å²) in [5.41, 5.74) is 4.82. The number of carbonyl (C=O) groups is 1. The molecule has 0 atom stereocenters. The molecule has 3 nitrogen and oxygen atoms in total. The lowest BCUT2D eigenvalue weighted by molar-refractivity contribution is 0.0959. The number of nitrogens with one attached hydrogen (secondary N) is 1. The normalized spacial score (nSPS) is 11.4. The van der Waals surface area contributed by atoms with Crippen molar-refractivity contribution < 1.29 is 4.79 Å². The van der Waals surface area contributed by atoms with Crippen LogP contribution in [0.2, 0.25) is 5.02 Å². The molecule has 3 aromatic rings. The number of rotatable bonds is 3. The molecule has 0 aliphatic rings. The zero-order valence-corrected chi connectivity index (χ0v) is 14.4. The van der Waals surface area contributed by atoms with Gasteiger partial charge in [-0.3, -0.25) is 4.79 Å². The third kappa shape index (κ3) is 2.92. The molecule has 1 N–H and O–H groups in total. The molecule has 6 heteroatoms. The predicted octanol–water partition coefficient (Wildman–Crippen LogP) is 5.00. The van der Waals surface area contributed by atoms with Gasteiger partial charge in [0.05, 0.1) is 11.2 Å². The van der Waals surface area contributed by atoms with Gasteiger partial charge in [0.25, 0.3) is 5.91 Å². The molecule has 1 amide bonds. The van der Waals surface area contributed by atoms with Crippen LogP contribution in [0.5, 0.6) is 0 Å². The average molecular weight is 349 g/mol. The molecule has 3 rings (SSSR count). The summed E-state index contributed by atoms with van der Waals surface area (Å²) in [6.07, 6.45) is 1.66. The summed E-state index contributed by atoms with van der Waals surface area (Å²) >= 11 is 9.27. The molecule has 0 aliphatic heterocycles. The fraction of sp³-hybridized carbons (Fsp3) is 0.125. The lowest BCUT2D eigenvalue weighted by Crippen LogP contribution is -2.16. The number of hydrogen-bond acceptors (Lipinski definition) is 4. The maximum Gasteiger partial charge on any atom is 0.283 e. The summed E-state index contributed by atoms with van der Waals surface area (Å²) in [4.78, 5) is 13.8. The second-order valence-electron chi connectivity index (χ2n) is 4.91. The van der Waals surface area contributed by atoms with Crippen LogP contribution in [0.25, 0.3) is 10.1 Å². The molecule has 0 unspecified atom stereocenters. The molecule has 0 saturated heterocycles. The molecule has 0 fully saturated rings. The third-order valence-electron chi connectivity index (χ3n) is 3.24. The summed E-state index contributed by atoms with van der Waals surface area (Å²) < 4.78 is 1.01. The molecule has 0 bridgehead atoms. The van der Waals surface area contributed by atoms with Crippen molar-refractivity contribution in [1.82, 2.24) is 5.43 Å². The van der Waals surface area contributed by atoms with E-state index in [0.29, 0.717) is 9.90 Å². The Hall–Kier alpha value is -1.69. The zero-order chi connectivity index (χ0) is 15.7. The van der Waals surface area contributed by atoms with Crippen LogP contribution in [0.1, 0.15) is 25.7 Å². The Morgan fingerprint density at radius 3 is 2.86 bits per heavy atom. The smallest absolute Gasteiger partial charge is 0.266 e. The van der Waals surface area contributed by atoms with Gasteiger partial charge in [-0.2, -0.15) is 5.10 Å². The van der Waals surface area contributed by atoms with Crippen LogP contribution in [-0.2, 0) is 0 Å². The molecule has 0 aliphatic carbocycles. The molecule has 2 aromatic heterocycles. The maximum absolute atomic E-state index is 12.2. The maximum atomic E-state index is 12.2. The van der Waals surface area contributed by atoms with E-state index in [1.54, 1.807) is 17.6 Å². The summed E-state index contributed by atoms with van der Waals surface area (Å²) in [5.74, 6) is -0.283. The number of hydrazone groups is 1. The third-order valence-corrected chi connectivity index (χ3v) is 5.85. The Balaban J connectivity index is 1.82. The van der Waals surface area contributed by atoms with Gasteiger partial charge in [-0.15, -0.1) is 22.7 Å². The minimum absolute atomic E-state index is 0.283. The first-order chi connectivity index (χ1) is 10.6. The van der Waals surface area contributed by atoms with Crippen LogP contribution >= 0.6 is 34.3 Å². The van der Waals surface area contributed by atoms with E-state index in [1.807, 2.05) is 43.5 Å². The molecular weight excluding hydrogens is 336 g/mol. The fourth-order valence-corrected chi connectivity index (χ4v) is 4.33. The minimum atomic E-state index is -0.283. The number of thiophene rings is 2. The molecular formula is C16H13ClN2OS2. The highest BCUT2D eigenvalue weighted by Crippen LogP contribution is 2.35. The van der Waals surface area contributed by atoms with E-state index in [-0.39, 0.29) is 5.91 Å². The molecule has 0 radical (unpaired) electrons. The van der Waals surface area contributed by atoms with Crippen molar-refractivity contribution in [1.29, 1.82) is 0 Å². The van der Waals surface area contributed by atoms with E-state index in [4.69, 9.17) is 11.6 Å². The highest BCUT2D eigenvalue weighted by Gasteiger charge is 2.16. The van der Waals surface area contributed by atoms with Crippen LogP contribution in [-0.4, -0.2) is 12.1 Å².